The van der Waals surface area contributed by atoms with Crippen molar-refractivity contribution < 1.29 is 9.53 Å². The summed E-state index contributed by atoms with van der Waals surface area (Å²) in [5.41, 5.74) is 1.94. The molecule has 130 valence electrons. The molecule has 4 nitrogen and oxygen atoms in total. The molecule has 3 aliphatic rings. The Kier molecular flexibility index (Phi) is 4.59. The lowest BCUT2D eigenvalue weighted by Gasteiger charge is -2.47. The molecule has 24 heavy (non-hydrogen) atoms. The maximum absolute atomic E-state index is 11.8. The number of esters is 1. The fourth-order valence-corrected chi connectivity index (χ4v) is 4.65. The van der Waals surface area contributed by atoms with Crippen molar-refractivity contribution in [1.29, 1.82) is 0 Å². The van der Waals surface area contributed by atoms with Gasteiger partial charge in [0, 0.05) is 13.0 Å². The molecule has 0 N–H and O–H groups in total. The smallest absolute Gasteiger partial charge is 0.323 e. The van der Waals surface area contributed by atoms with Gasteiger partial charge in [0.25, 0.3) is 0 Å². The average molecular weight is 328 g/mol. The molecule has 3 fully saturated rings. The first-order valence-corrected chi connectivity index (χ1v) is 9.41. The zero-order valence-electron chi connectivity index (χ0n) is 14.5. The number of likely N-dealkylation sites (tertiary alicyclic amines) is 2. The highest BCUT2D eigenvalue weighted by molar-refractivity contribution is 5.77. The van der Waals surface area contributed by atoms with E-state index in [4.69, 9.17) is 4.74 Å². The Labute approximate surface area is 144 Å². The van der Waals surface area contributed by atoms with Crippen LogP contribution in [-0.2, 0) is 16.1 Å². The van der Waals surface area contributed by atoms with Gasteiger partial charge in [-0.2, -0.15) is 0 Å². The van der Waals surface area contributed by atoms with Crippen LogP contribution in [0.3, 0.4) is 0 Å². The maximum atomic E-state index is 11.8. The van der Waals surface area contributed by atoms with Crippen molar-refractivity contribution in [2.24, 2.45) is 5.41 Å². The van der Waals surface area contributed by atoms with Crippen LogP contribution in [0, 0.1) is 5.41 Å². The molecule has 1 aromatic carbocycles. The van der Waals surface area contributed by atoms with Gasteiger partial charge in [0.2, 0.25) is 0 Å². The topological polar surface area (TPSA) is 32.8 Å². The molecule has 3 heterocycles. The Bertz CT molecular complexity index is 556. The van der Waals surface area contributed by atoms with Gasteiger partial charge < -0.3 is 4.74 Å². The summed E-state index contributed by atoms with van der Waals surface area (Å²) in [6.07, 6.45) is 5.99. The number of hydrogen-bond acceptors (Lipinski definition) is 4. The average Bonchev–Trinajstić information content (AvgIpc) is 3.05. The number of carbonyl (C=O) groups excluding carboxylic acids is 1. The van der Waals surface area contributed by atoms with Crippen molar-refractivity contribution in [1.82, 2.24) is 9.80 Å². The number of carbonyl (C=O) groups is 1. The largest absolute Gasteiger partial charge is 0.464 e. The van der Waals surface area contributed by atoms with Gasteiger partial charge in [0.15, 0.2) is 0 Å². The first kappa shape index (κ1) is 16.1. The van der Waals surface area contributed by atoms with E-state index < -0.39 is 0 Å². The van der Waals surface area contributed by atoms with Gasteiger partial charge in [-0.3, -0.25) is 14.6 Å². The van der Waals surface area contributed by atoms with Crippen molar-refractivity contribution in [2.75, 3.05) is 32.8 Å². The van der Waals surface area contributed by atoms with Gasteiger partial charge in [-0.15, -0.1) is 0 Å². The van der Waals surface area contributed by atoms with Crippen molar-refractivity contribution in [2.45, 2.75) is 44.7 Å². The van der Waals surface area contributed by atoms with E-state index in [-0.39, 0.29) is 12.0 Å². The number of piperidine rings is 2. The normalized spacial score (nSPS) is 28.2. The fourth-order valence-electron chi connectivity index (χ4n) is 4.65. The van der Waals surface area contributed by atoms with E-state index in [0.717, 1.165) is 26.1 Å². The van der Waals surface area contributed by atoms with Gasteiger partial charge in [0.05, 0.1) is 6.61 Å². The van der Waals surface area contributed by atoms with Crippen LogP contribution in [0.4, 0.5) is 0 Å². The molecule has 4 heteroatoms. The summed E-state index contributed by atoms with van der Waals surface area (Å²) < 4.78 is 5.14. The van der Waals surface area contributed by atoms with Crippen molar-refractivity contribution in [3.63, 3.8) is 0 Å². The number of nitrogens with zero attached hydrogens (tertiary/aromatic N) is 2. The molecule has 0 aromatic heterocycles. The third kappa shape index (κ3) is 3.35. The van der Waals surface area contributed by atoms with E-state index in [1.807, 2.05) is 0 Å². The maximum Gasteiger partial charge on any atom is 0.323 e. The van der Waals surface area contributed by atoms with E-state index in [9.17, 15) is 4.79 Å². The standard InChI is InChI=1S/C20H28N2O2/c23-19-18(6-15-24-19)22-13-9-20(10-14-22)7-11-21(12-8-20)16-17-4-2-1-3-5-17/h1-5,18H,6-16H2/t18-/m0/s1. The van der Waals surface area contributed by atoms with E-state index in [2.05, 4.69) is 40.1 Å². The van der Waals surface area contributed by atoms with E-state index in [1.54, 1.807) is 0 Å². The van der Waals surface area contributed by atoms with Crippen LogP contribution >= 0.6 is 0 Å². The third-order valence-corrected chi connectivity index (χ3v) is 6.37. The Morgan fingerprint density at radius 3 is 2.29 bits per heavy atom. The van der Waals surface area contributed by atoms with Gasteiger partial charge in [-0.1, -0.05) is 30.3 Å². The SMILES string of the molecule is O=C1OCC[C@@H]1N1CCC2(CCN(Cc3ccccc3)CC2)CC1. The molecule has 1 atom stereocenters. The quantitative estimate of drug-likeness (QED) is 0.799. The van der Waals surface area contributed by atoms with Crippen LogP contribution in [-0.4, -0.2) is 54.6 Å². The molecule has 3 aliphatic heterocycles. The molecule has 0 amide bonds. The zero-order valence-corrected chi connectivity index (χ0v) is 14.5. The van der Waals surface area contributed by atoms with Gasteiger partial charge in [-0.25, -0.2) is 0 Å². The molecule has 0 saturated carbocycles. The summed E-state index contributed by atoms with van der Waals surface area (Å²) in [7, 11) is 0. The van der Waals surface area contributed by atoms with Crippen LogP contribution < -0.4 is 0 Å². The Hall–Kier alpha value is -1.39. The summed E-state index contributed by atoms with van der Waals surface area (Å²) in [5.74, 6) is 0.00336. The highest BCUT2D eigenvalue weighted by Crippen LogP contribution is 2.42. The van der Waals surface area contributed by atoms with Crippen LogP contribution in [0.15, 0.2) is 30.3 Å². The van der Waals surface area contributed by atoms with E-state index >= 15 is 0 Å². The van der Waals surface area contributed by atoms with Crippen LogP contribution in [0.2, 0.25) is 0 Å². The Morgan fingerprint density at radius 2 is 1.67 bits per heavy atom. The first-order valence-electron chi connectivity index (χ1n) is 9.41. The fraction of sp³-hybridized carbons (Fsp3) is 0.650. The molecule has 1 aromatic rings. The minimum absolute atomic E-state index is 0.00336. The van der Waals surface area contributed by atoms with Crippen LogP contribution in [0.1, 0.15) is 37.7 Å². The molecule has 3 saturated heterocycles. The summed E-state index contributed by atoms with van der Waals surface area (Å²) in [4.78, 5) is 16.8. The second-order valence-electron chi connectivity index (χ2n) is 7.77. The predicted octanol–water partition coefficient (Wildman–Crippen LogP) is 2.68. The van der Waals surface area contributed by atoms with Gasteiger partial charge in [0.1, 0.15) is 6.04 Å². The monoisotopic (exact) mass is 328 g/mol. The zero-order chi connectivity index (χ0) is 16.4. The predicted molar refractivity (Wildman–Crippen MR) is 93.6 cm³/mol. The summed E-state index contributed by atoms with van der Waals surface area (Å²) >= 11 is 0. The van der Waals surface area contributed by atoms with E-state index in [0.29, 0.717) is 12.0 Å². The van der Waals surface area contributed by atoms with Crippen LogP contribution in [0.5, 0.6) is 0 Å². The second kappa shape index (κ2) is 6.85. The lowest BCUT2D eigenvalue weighted by Crippen LogP contribution is -2.50. The molecular weight excluding hydrogens is 300 g/mol. The second-order valence-corrected chi connectivity index (χ2v) is 7.77. The number of ether oxygens (including phenoxy) is 1. The third-order valence-electron chi connectivity index (χ3n) is 6.37. The minimum Gasteiger partial charge on any atom is -0.464 e. The molecule has 0 bridgehead atoms. The number of hydrogen-bond donors (Lipinski definition) is 0. The summed E-state index contributed by atoms with van der Waals surface area (Å²) in [6, 6.07) is 10.8. The molecule has 4 rings (SSSR count). The Morgan fingerprint density at radius 1 is 1.00 bits per heavy atom. The van der Waals surface area contributed by atoms with Crippen molar-refractivity contribution in [3.05, 3.63) is 35.9 Å². The highest BCUT2D eigenvalue weighted by atomic mass is 16.5. The lowest BCUT2D eigenvalue weighted by molar-refractivity contribution is -0.143. The summed E-state index contributed by atoms with van der Waals surface area (Å²) in [5, 5.41) is 0. The van der Waals surface area contributed by atoms with Crippen molar-refractivity contribution >= 4 is 5.97 Å². The van der Waals surface area contributed by atoms with Crippen LogP contribution in [0.25, 0.3) is 0 Å². The lowest BCUT2D eigenvalue weighted by atomic mass is 9.71. The number of benzene rings is 1. The van der Waals surface area contributed by atoms with E-state index in [1.165, 1.54) is 44.3 Å². The number of rotatable bonds is 3. The first-order chi connectivity index (χ1) is 11.7. The molecule has 0 unspecified atom stereocenters. The van der Waals surface area contributed by atoms with Gasteiger partial charge in [-0.05, 0) is 62.8 Å². The molecule has 0 radical (unpaired) electrons. The Balaban J connectivity index is 1.28. The highest BCUT2D eigenvalue weighted by Gasteiger charge is 2.41. The van der Waals surface area contributed by atoms with Crippen molar-refractivity contribution in [3.8, 4) is 0 Å². The molecule has 0 aliphatic carbocycles. The molecule has 1 spiro atoms. The number of cyclic esters (lactones) is 1. The summed E-state index contributed by atoms with van der Waals surface area (Å²) in [6.45, 7) is 6.24. The van der Waals surface area contributed by atoms with Gasteiger partial charge >= 0.3 is 5.97 Å². The molecular formula is C20H28N2O2. The minimum atomic E-state index is 0.00336.